The normalized spacial score (nSPS) is 29.5. The minimum Gasteiger partial charge on any atom is -0.387 e. The lowest BCUT2D eigenvalue weighted by atomic mass is 10.0. The first kappa shape index (κ1) is 10.8. The van der Waals surface area contributed by atoms with Gasteiger partial charge in [-0.15, -0.1) is 0 Å². The zero-order chi connectivity index (χ0) is 10.1. The van der Waals surface area contributed by atoms with Crippen LogP contribution in [0.25, 0.3) is 0 Å². The van der Waals surface area contributed by atoms with Gasteiger partial charge in [-0.25, -0.2) is 17.6 Å². The molecule has 5 heteroatoms. The number of hydrogen-bond acceptors (Lipinski definition) is 1. The van der Waals surface area contributed by atoms with Gasteiger partial charge in [-0.3, -0.25) is 0 Å². The molecule has 0 aromatic carbocycles. The van der Waals surface area contributed by atoms with E-state index >= 15 is 0 Å². The Morgan fingerprint density at radius 2 is 2.00 bits per heavy atom. The predicted octanol–water partition coefficient (Wildman–Crippen LogP) is 2.44. The van der Waals surface area contributed by atoms with E-state index in [0.29, 0.717) is 0 Å². The van der Waals surface area contributed by atoms with Gasteiger partial charge >= 0.3 is 0 Å². The van der Waals surface area contributed by atoms with E-state index in [-0.39, 0.29) is 25.7 Å². The van der Waals surface area contributed by atoms with Crippen LogP contribution in [-0.2, 0) is 0 Å². The highest BCUT2D eigenvalue weighted by molar-refractivity contribution is 4.82. The molecule has 1 N–H and O–H groups in total. The van der Waals surface area contributed by atoms with E-state index in [1.165, 1.54) is 0 Å². The number of aliphatic hydroxyl groups excluding tert-OH is 1. The average molecular weight is 200 g/mol. The summed E-state index contributed by atoms with van der Waals surface area (Å²) in [6.07, 6.45) is -5.16. The Balaban J connectivity index is 2.32. The van der Waals surface area contributed by atoms with Crippen LogP contribution in [0.1, 0.15) is 25.7 Å². The van der Waals surface area contributed by atoms with Crippen LogP contribution in [0.4, 0.5) is 17.6 Å². The molecule has 1 fully saturated rings. The van der Waals surface area contributed by atoms with Gasteiger partial charge in [0.1, 0.15) is 6.10 Å². The first-order valence-electron chi connectivity index (χ1n) is 4.25. The number of hydrogen-bond donors (Lipinski definition) is 1. The Kier molecular flexibility index (Phi) is 3.16. The maximum Gasteiger partial charge on any atom is 0.264 e. The van der Waals surface area contributed by atoms with Gasteiger partial charge in [-0.1, -0.05) is 0 Å². The summed E-state index contributed by atoms with van der Waals surface area (Å²) < 4.78 is 48.8. The van der Waals surface area contributed by atoms with E-state index in [1.54, 1.807) is 0 Å². The molecule has 1 nitrogen and oxygen atoms in total. The fourth-order valence-electron chi connectivity index (χ4n) is 1.69. The summed E-state index contributed by atoms with van der Waals surface area (Å²) in [4.78, 5) is 0. The molecule has 0 aromatic rings. The van der Waals surface area contributed by atoms with Crippen molar-refractivity contribution in [3.8, 4) is 0 Å². The highest BCUT2D eigenvalue weighted by Gasteiger charge is 2.40. The Morgan fingerprint density at radius 1 is 1.38 bits per heavy atom. The van der Waals surface area contributed by atoms with Gasteiger partial charge in [-0.2, -0.15) is 0 Å². The van der Waals surface area contributed by atoms with Crippen molar-refractivity contribution in [3.63, 3.8) is 0 Å². The summed E-state index contributed by atoms with van der Waals surface area (Å²) >= 11 is 0. The Hall–Kier alpha value is -0.320. The molecule has 2 unspecified atom stereocenters. The predicted molar refractivity (Wildman–Crippen MR) is 38.9 cm³/mol. The molecule has 1 aliphatic carbocycles. The molecule has 0 spiro atoms. The third-order valence-corrected chi connectivity index (χ3v) is 2.37. The van der Waals surface area contributed by atoms with E-state index in [0.717, 1.165) is 0 Å². The van der Waals surface area contributed by atoms with Crippen LogP contribution in [0, 0.1) is 5.92 Å². The molecular weight excluding hydrogens is 188 g/mol. The monoisotopic (exact) mass is 200 g/mol. The van der Waals surface area contributed by atoms with Gasteiger partial charge in [-0.05, 0) is 18.8 Å². The zero-order valence-electron chi connectivity index (χ0n) is 7.02. The summed E-state index contributed by atoms with van der Waals surface area (Å²) in [7, 11) is 0. The minimum atomic E-state index is -2.82. The smallest absolute Gasteiger partial charge is 0.264 e. The highest BCUT2D eigenvalue weighted by atomic mass is 19.3. The fraction of sp³-hybridized carbons (Fsp3) is 1.00. The van der Waals surface area contributed by atoms with E-state index in [4.69, 9.17) is 5.11 Å². The third kappa shape index (κ3) is 3.14. The van der Waals surface area contributed by atoms with Gasteiger partial charge in [0.15, 0.2) is 0 Å². The second kappa shape index (κ2) is 3.82. The van der Waals surface area contributed by atoms with E-state index < -0.39 is 24.4 Å². The van der Waals surface area contributed by atoms with Crippen LogP contribution < -0.4 is 0 Å². The van der Waals surface area contributed by atoms with Gasteiger partial charge < -0.3 is 5.11 Å². The summed E-state index contributed by atoms with van der Waals surface area (Å²) in [6.45, 7) is 0. The molecule has 1 rings (SSSR count). The Labute approximate surface area is 73.7 Å². The van der Waals surface area contributed by atoms with E-state index in [9.17, 15) is 17.6 Å². The van der Waals surface area contributed by atoms with Crippen molar-refractivity contribution < 1.29 is 22.7 Å². The van der Waals surface area contributed by atoms with Gasteiger partial charge in [0.05, 0.1) is 0 Å². The molecule has 0 aromatic heterocycles. The Bertz CT molecular complexity index is 172. The van der Waals surface area contributed by atoms with Crippen molar-refractivity contribution in [2.24, 2.45) is 5.92 Å². The number of rotatable bonds is 3. The number of alkyl halides is 4. The highest BCUT2D eigenvalue weighted by Crippen LogP contribution is 2.41. The largest absolute Gasteiger partial charge is 0.387 e. The maximum atomic E-state index is 12.6. The maximum absolute atomic E-state index is 12.6. The molecule has 0 bridgehead atoms. The molecule has 2 atom stereocenters. The van der Waals surface area contributed by atoms with Crippen molar-refractivity contribution in [3.05, 3.63) is 0 Å². The number of halogens is 4. The summed E-state index contributed by atoms with van der Waals surface area (Å²) in [5, 5.41) is 8.76. The van der Waals surface area contributed by atoms with Crippen molar-refractivity contribution in [2.45, 2.75) is 44.1 Å². The lowest BCUT2D eigenvalue weighted by Gasteiger charge is -2.14. The van der Waals surface area contributed by atoms with Crippen LogP contribution in [0.15, 0.2) is 0 Å². The number of aliphatic hydroxyl groups is 1. The fourth-order valence-corrected chi connectivity index (χ4v) is 1.69. The molecule has 1 saturated carbocycles. The van der Waals surface area contributed by atoms with Gasteiger partial charge in [0.2, 0.25) is 5.92 Å². The molecule has 0 heterocycles. The van der Waals surface area contributed by atoms with Crippen LogP contribution in [0.3, 0.4) is 0 Å². The molecule has 0 amide bonds. The summed E-state index contributed by atoms with van der Waals surface area (Å²) in [5.41, 5.74) is 0. The molecule has 78 valence electrons. The van der Waals surface area contributed by atoms with Crippen molar-refractivity contribution in [1.82, 2.24) is 0 Å². The molecule has 0 saturated heterocycles. The quantitative estimate of drug-likeness (QED) is 0.694. The standard InChI is InChI=1S/C8H12F4O/c9-7(10)6(13)3-5-1-2-8(11,12)4-5/h5-7,13H,1-4H2. The lowest BCUT2D eigenvalue weighted by molar-refractivity contribution is -0.0256. The summed E-state index contributed by atoms with van der Waals surface area (Å²) in [5.74, 6) is -3.18. The van der Waals surface area contributed by atoms with Crippen LogP contribution in [-0.4, -0.2) is 23.6 Å². The van der Waals surface area contributed by atoms with Crippen molar-refractivity contribution in [2.75, 3.05) is 0 Å². The Morgan fingerprint density at radius 3 is 2.38 bits per heavy atom. The zero-order valence-corrected chi connectivity index (χ0v) is 7.02. The third-order valence-electron chi connectivity index (χ3n) is 2.37. The first-order valence-corrected chi connectivity index (χ1v) is 4.25. The lowest BCUT2D eigenvalue weighted by Crippen LogP contribution is -2.21. The summed E-state index contributed by atoms with van der Waals surface area (Å²) in [6, 6.07) is 0. The SMILES string of the molecule is OC(CC1CCC(F)(F)C1)C(F)F. The molecule has 0 radical (unpaired) electrons. The van der Waals surface area contributed by atoms with Crippen LogP contribution in [0.2, 0.25) is 0 Å². The molecule has 1 aliphatic rings. The van der Waals surface area contributed by atoms with Gasteiger partial charge in [0, 0.05) is 12.8 Å². The first-order chi connectivity index (χ1) is 5.91. The van der Waals surface area contributed by atoms with Crippen LogP contribution in [0.5, 0.6) is 0 Å². The van der Waals surface area contributed by atoms with Crippen LogP contribution >= 0.6 is 0 Å². The molecule has 13 heavy (non-hydrogen) atoms. The van der Waals surface area contributed by atoms with Crippen molar-refractivity contribution in [1.29, 1.82) is 0 Å². The second-order valence-corrected chi connectivity index (χ2v) is 3.60. The van der Waals surface area contributed by atoms with E-state index in [2.05, 4.69) is 0 Å². The van der Waals surface area contributed by atoms with E-state index in [1.807, 2.05) is 0 Å². The second-order valence-electron chi connectivity index (χ2n) is 3.60. The minimum absolute atomic E-state index is 0.215. The topological polar surface area (TPSA) is 20.2 Å². The molecule has 0 aliphatic heterocycles. The average Bonchev–Trinajstić information content (AvgIpc) is 2.30. The molecular formula is C8H12F4O. The van der Waals surface area contributed by atoms with Crippen molar-refractivity contribution >= 4 is 0 Å². The van der Waals surface area contributed by atoms with Gasteiger partial charge in [0.25, 0.3) is 6.43 Å².